The normalized spacial score (nSPS) is 45.7. The lowest BCUT2D eigenvalue weighted by molar-refractivity contribution is -0.159. The van der Waals surface area contributed by atoms with Gasteiger partial charge in [-0.05, 0) is 91.8 Å². The number of hydrogen-bond acceptors (Lipinski definition) is 2. The highest BCUT2D eigenvalue weighted by Crippen LogP contribution is 2.66. The minimum Gasteiger partial charge on any atom is -0.381 e. The third-order valence-electron chi connectivity index (χ3n) is 9.91. The highest BCUT2D eigenvalue weighted by molar-refractivity contribution is 5.77. The topological polar surface area (TPSA) is 29.5 Å². The van der Waals surface area contributed by atoms with Crippen LogP contribution in [0.3, 0.4) is 0 Å². The van der Waals surface area contributed by atoms with Gasteiger partial charge in [0.2, 0.25) is 5.91 Å². The highest BCUT2D eigenvalue weighted by Gasteiger charge is 2.60. The first-order chi connectivity index (χ1) is 13.3. The number of carbonyl (C=O) groups excluding carboxylic acids is 1. The molecule has 3 nitrogen and oxygen atoms in total. The van der Waals surface area contributed by atoms with Crippen LogP contribution >= 0.6 is 0 Å². The van der Waals surface area contributed by atoms with Crippen molar-refractivity contribution in [3.8, 4) is 0 Å². The van der Waals surface area contributed by atoms with Gasteiger partial charge in [0.05, 0.1) is 0 Å². The molecule has 1 aliphatic heterocycles. The fourth-order valence-electron chi connectivity index (χ4n) is 8.08. The standard InChI is InChI=1S/C25H43NO2/c1-17(2)12-15-28-16-18-6-8-20-19-7-9-22-25(4,14-11-23(27)26(22)5)21(19)10-13-24(18,20)3/h17-22H,6-16H2,1-5H3/t18?,19-,20-,21-,22+,24+,25+/m0/s1. The molecule has 0 bridgehead atoms. The first-order valence-electron chi connectivity index (χ1n) is 12.1. The minimum atomic E-state index is 0.346. The molecule has 3 heteroatoms. The lowest BCUT2D eigenvalue weighted by atomic mass is 9.47. The Morgan fingerprint density at radius 1 is 1.04 bits per heavy atom. The molecule has 0 N–H and O–H groups in total. The second-order valence-electron chi connectivity index (χ2n) is 11.6. The summed E-state index contributed by atoms with van der Waals surface area (Å²) in [5, 5.41) is 0. The Labute approximate surface area is 173 Å². The monoisotopic (exact) mass is 389 g/mol. The Hall–Kier alpha value is -0.570. The van der Waals surface area contributed by atoms with Crippen LogP contribution in [0.5, 0.6) is 0 Å². The summed E-state index contributed by atoms with van der Waals surface area (Å²) in [5.74, 6) is 4.44. The largest absolute Gasteiger partial charge is 0.381 e. The summed E-state index contributed by atoms with van der Waals surface area (Å²) in [5.41, 5.74) is 0.831. The molecule has 3 aliphatic carbocycles. The van der Waals surface area contributed by atoms with Crippen LogP contribution in [0.25, 0.3) is 0 Å². The van der Waals surface area contributed by atoms with Crippen molar-refractivity contribution in [2.45, 2.75) is 91.5 Å². The van der Waals surface area contributed by atoms with Crippen molar-refractivity contribution in [2.75, 3.05) is 20.3 Å². The molecule has 4 aliphatic rings. The van der Waals surface area contributed by atoms with Crippen molar-refractivity contribution in [2.24, 2.45) is 40.4 Å². The van der Waals surface area contributed by atoms with Crippen LogP contribution in [-0.2, 0) is 9.53 Å². The zero-order valence-electron chi connectivity index (χ0n) is 19.0. The van der Waals surface area contributed by atoms with Crippen LogP contribution in [0, 0.1) is 40.4 Å². The van der Waals surface area contributed by atoms with Gasteiger partial charge in [0.15, 0.2) is 0 Å². The molecular weight excluding hydrogens is 346 g/mol. The molecule has 4 rings (SSSR count). The van der Waals surface area contributed by atoms with E-state index in [1.54, 1.807) is 0 Å². The molecule has 7 atom stereocenters. The average molecular weight is 390 g/mol. The van der Waals surface area contributed by atoms with Gasteiger partial charge in [-0.25, -0.2) is 0 Å². The van der Waals surface area contributed by atoms with Crippen molar-refractivity contribution in [3.05, 3.63) is 0 Å². The highest BCUT2D eigenvalue weighted by atomic mass is 16.5. The van der Waals surface area contributed by atoms with Gasteiger partial charge < -0.3 is 9.64 Å². The van der Waals surface area contributed by atoms with E-state index in [4.69, 9.17) is 4.74 Å². The molecule has 1 amide bonds. The second-order valence-corrected chi connectivity index (χ2v) is 11.6. The maximum Gasteiger partial charge on any atom is 0.222 e. The minimum absolute atomic E-state index is 0.346. The Balaban J connectivity index is 1.45. The predicted octanol–water partition coefficient (Wildman–Crippen LogP) is 5.53. The van der Waals surface area contributed by atoms with Gasteiger partial charge in [-0.15, -0.1) is 0 Å². The second kappa shape index (κ2) is 7.60. The van der Waals surface area contributed by atoms with E-state index in [2.05, 4.69) is 39.6 Å². The third-order valence-corrected chi connectivity index (χ3v) is 9.91. The average Bonchev–Trinajstić information content (AvgIpc) is 2.98. The first-order valence-corrected chi connectivity index (χ1v) is 12.1. The fourth-order valence-corrected chi connectivity index (χ4v) is 8.08. The summed E-state index contributed by atoms with van der Waals surface area (Å²) >= 11 is 0. The van der Waals surface area contributed by atoms with Gasteiger partial charge in [0, 0.05) is 32.7 Å². The number of fused-ring (bicyclic) bond motifs is 5. The summed E-state index contributed by atoms with van der Waals surface area (Å²) in [7, 11) is 2.07. The number of ether oxygens (including phenoxy) is 1. The van der Waals surface area contributed by atoms with E-state index < -0.39 is 0 Å². The van der Waals surface area contributed by atoms with Crippen LogP contribution in [0.1, 0.15) is 85.5 Å². The Bertz CT molecular complexity index is 589. The van der Waals surface area contributed by atoms with E-state index in [1.807, 2.05) is 0 Å². The number of nitrogens with zero attached hydrogens (tertiary/aromatic N) is 1. The van der Waals surface area contributed by atoms with Crippen molar-refractivity contribution in [3.63, 3.8) is 0 Å². The number of rotatable bonds is 5. The summed E-state index contributed by atoms with van der Waals surface area (Å²) < 4.78 is 6.17. The molecule has 160 valence electrons. The smallest absolute Gasteiger partial charge is 0.222 e. The Morgan fingerprint density at radius 3 is 2.54 bits per heavy atom. The zero-order chi connectivity index (χ0) is 20.1. The maximum absolute atomic E-state index is 12.3. The Kier molecular flexibility index (Phi) is 5.61. The molecule has 1 heterocycles. The predicted molar refractivity (Wildman–Crippen MR) is 114 cm³/mol. The van der Waals surface area contributed by atoms with Gasteiger partial charge in [-0.1, -0.05) is 27.7 Å². The van der Waals surface area contributed by atoms with E-state index in [0.717, 1.165) is 55.6 Å². The first kappa shape index (κ1) is 20.7. The fraction of sp³-hybridized carbons (Fsp3) is 0.960. The molecule has 0 spiro atoms. The lowest BCUT2D eigenvalue weighted by Crippen LogP contribution is -2.61. The van der Waals surface area contributed by atoms with Crippen LogP contribution in [0.2, 0.25) is 0 Å². The molecule has 4 fully saturated rings. The van der Waals surface area contributed by atoms with Crippen LogP contribution in [-0.4, -0.2) is 37.1 Å². The van der Waals surface area contributed by atoms with Crippen molar-refractivity contribution in [1.82, 2.24) is 4.90 Å². The van der Waals surface area contributed by atoms with E-state index >= 15 is 0 Å². The number of hydrogen-bond donors (Lipinski definition) is 0. The number of carbonyl (C=O) groups is 1. The van der Waals surface area contributed by atoms with E-state index in [9.17, 15) is 4.79 Å². The quantitative estimate of drug-likeness (QED) is 0.579. The number of piperidine rings is 1. The van der Waals surface area contributed by atoms with E-state index in [0.29, 0.717) is 22.8 Å². The summed E-state index contributed by atoms with van der Waals surface area (Å²) in [6, 6.07) is 0.482. The van der Waals surface area contributed by atoms with Crippen LogP contribution < -0.4 is 0 Å². The van der Waals surface area contributed by atoms with Gasteiger partial charge in [0.25, 0.3) is 0 Å². The molecule has 1 saturated heterocycles. The summed E-state index contributed by atoms with van der Waals surface area (Å²) in [6.45, 7) is 11.6. The molecule has 0 aromatic carbocycles. The van der Waals surface area contributed by atoms with Gasteiger partial charge in [-0.2, -0.15) is 0 Å². The molecule has 3 saturated carbocycles. The Morgan fingerprint density at radius 2 is 1.79 bits per heavy atom. The van der Waals surface area contributed by atoms with Crippen molar-refractivity contribution in [1.29, 1.82) is 0 Å². The van der Waals surface area contributed by atoms with E-state index in [1.165, 1.54) is 44.9 Å². The van der Waals surface area contributed by atoms with Gasteiger partial charge in [0.1, 0.15) is 0 Å². The van der Waals surface area contributed by atoms with Crippen molar-refractivity contribution < 1.29 is 9.53 Å². The summed E-state index contributed by atoms with van der Waals surface area (Å²) in [6.07, 6.45) is 11.1. The van der Waals surface area contributed by atoms with Crippen molar-refractivity contribution >= 4 is 5.91 Å². The molecule has 28 heavy (non-hydrogen) atoms. The maximum atomic E-state index is 12.3. The van der Waals surface area contributed by atoms with Gasteiger partial charge in [-0.3, -0.25) is 4.79 Å². The molecule has 1 unspecified atom stereocenters. The zero-order valence-corrected chi connectivity index (χ0v) is 19.0. The summed E-state index contributed by atoms with van der Waals surface area (Å²) in [4.78, 5) is 14.4. The van der Waals surface area contributed by atoms with E-state index in [-0.39, 0.29) is 0 Å². The van der Waals surface area contributed by atoms with Crippen LogP contribution in [0.4, 0.5) is 0 Å². The SMILES string of the molecule is CC(C)CCOCC1CC[C@H]2[C@@H]3CC[C@H]4N(C)C(=O)CC[C@]4(C)[C@H]3CC[C@]12C. The molecular formula is C25H43NO2. The molecule has 0 aromatic rings. The number of amides is 1. The molecule has 0 aromatic heterocycles. The van der Waals surface area contributed by atoms with Crippen LogP contribution in [0.15, 0.2) is 0 Å². The number of likely N-dealkylation sites (tertiary alicyclic amines) is 1. The lowest BCUT2D eigenvalue weighted by Gasteiger charge is -2.61. The van der Waals surface area contributed by atoms with Gasteiger partial charge >= 0.3 is 0 Å². The molecule has 0 radical (unpaired) electrons. The third kappa shape index (κ3) is 3.24.